The third kappa shape index (κ3) is 3.38. The fourth-order valence-corrected chi connectivity index (χ4v) is 1.38. The molecule has 2 amide bonds. The van der Waals surface area contributed by atoms with E-state index < -0.39 is 0 Å². The molecule has 0 saturated carbocycles. The molecule has 1 atom stereocenters. The van der Waals surface area contributed by atoms with E-state index in [1.807, 2.05) is 13.0 Å². The monoisotopic (exact) mass is 198 g/mol. The Kier molecular flexibility index (Phi) is 4.46. The summed E-state index contributed by atoms with van der Waals surface area (Å²) in [5, 5.41) is 2.91. The molecule has 1 unspecified atom stereocenters. The molecule has 0 bridgehead atoms. The van der Waals surface area contributed by atoms with Gasteiger partial charge in [-0.15, -0.1) is 6.58 Å². The summed E-state index contributed by atoms with van der Waals surface area (Å²) in [7, 11) is 0. The van der Waals surface area contributed by atoms with Gasteiger partial charge in [-0.2, -0.15) is 0 Å². The van der Waals surface area contributed by atoms with Crippen molar-refractivity contribution >= 4 is 6.03 Å². The summed E-state index contributed by atoms with van der Waals surface area (Å²) in [6, 6.07) is 0.158. The zero-order chi connectivity index (χ0) is 10.4. The van der Waals surface area contributed by atoms with Crippen molar-refractivity contribution in [3.05, 3.63) is 12.7 Å². The fourth-order valence-electron chi connectivity index (χ4n) is 1.38. The molecular formula is C10H18N2O2. The van der Waals surface area contributed by atoms with Gasteiger partial charge < -0.3 is 15.0 Å². The highest BCUT2D eigenvalue weighted by Gasteiger charge is 2.17. The minimum absolute atomic E-state index is 0.00245. The summed E-state index contributed by atoms with van der Waals surface area (Å²) in [5.74, 6) is 0. The zero-order valence-corrected chi connectivity index (χ0v) is 8.66. The summed E-state index contributed by atoms with van der Waals surface area (Å²) in [4.78, 5) is 13.4. The van der Waals surface area contributed by atoms with Crippen LogP contribution in [0, 0.1) is 0 Å². The minimum atomic E-state index is 0.00245. The molecule has 4 nitrogen and oxygen atoms in total. The molecule has 0 radical (unpaired) electrons. The van der Waals surface area contributed by atoms with Gasteiger partial charge in [-0.05, 0) is 13.3 Å². The topological polar surface area (TPSA) is 41.6 Å². The molecule has 1 fully saturated rings. The molecule has 1 N–H and O–H groups in total. The molecule has 0 aliphatic carbocycles. The Hall–Kier alpha value is -1.03. The maximum absolute atomic E-state index is 11.6. The molecule has 4 heteroatoms. The smallest absolute Gasteiger partial charge is 0.317 e. The van der Waals surface area contributed by atoms with Gasteiger partial charge in [0.15, 0.2) is 0 Å². The van der Waals surface area contributed by atoms with Gasteiger partial charge in [0.05, 0.1) is 13.2 Å². The lowest BCUT2D eigenvalue weighted by Gasteiger charge is -2.28. The second kappa shape index (κ2) is 5.65. The van der Waals surface area contributed by atoms with Gasteiger partial charge in [0.2, 0.25) is 0 Å². The van der Waals surface area contributed by atoms with E-state index in [-0.39, 0.29) is 12.1 Å². The summed E-state index contributed by atoms with van der Waals surface area (Å²) in [6.45, 7) is 8.27. The van der Waals surface area contributed by atoms with Crippen molar-refractivity contribution in [3.63, 3.8) is 0 Å². The second-order valence-electron chi connectivity index (χ2n) is 3.47. The number of ether oxygens (including phenoxy) is 1. The van der Waals surface area contributed by atoms with Gasteiger partial charge >= 0.3 is 6.03 Å². The van der Waals surface area contributed by atoms with Crippen LogP contribution in [0.2, 0.25) is 0 Å². The van der Waals surface area contributed by atoms with E-state index >= 15 is 0 Å². The third-order valence-corrected chi connectivity index (χ3v) is 2.19. The molecule has 0 aromatic rings. The highest BCUT2D eigenvalue weighted by atomic mass is 16.5. The average Bonchev–Trinajstić information content (AvgIpc) is 2.19. The van der Waals surface area contributed by atoms with Gasteiger partial charge in [0.25, 0.3) is 0 Å². The van der Waals surface area contributed by atoms with Crippen LogP contribution in [0.15, 0.2) is 12.7 Å². The van der Waals surface area contributed by atoms with Crippen LogP contribution in [0.1, 0.15) is 13.3 Å². The molecule has 1 heterocycles. The Morgan fingerprint density at radius 2 is 2.29 bits per heavy atom. The Balaban J connectivity index is 2.28. The lowest BCUT2D eigenvalue weighted by Crippen LogP contribution is -2.48. The Morgan fingerprint density at radius 3 is 2.86 bits per heavy atom. The van der Waals surface area contributed by atoms with Crippen LogP contribution in [-0.2, 0) is 4.74 Å². The van der Waals surface area contributed by atoms with E-state index in [0.717, 1.165) is 6.42 Å². The van der Waals surface area contributed by atoms with Crippen LogP contribution >= 0.6 is 0 Å². The normalized spacial score (nSPS) is 18.8. The number of rotatable bonds is 3. The van der Waals surface area contributed by atoms with Crippen LogP contribution in [0.3, 0.4) is 0 Å². The predicted octanol–water partition coefficient (Wildman–Crippen LogP) is 0.993. The predicted molar refractivity (Wildman–Crippen MR) is 55.2 cm³/mol. The maximum Gasteiger partial charge on any atom is 0.317 e. The van der Waals surface area contributed by atoms with Gasteiger partial charge in [0.1, 0.15) is 0 Å². The van der Waals surface area contributed by atoms with Gasteiger partial charge in [-0.3, -0.25) is 0 Å². The standard InChI is InChI=1S/C10H18N2O2/c1-3-4-9(2)11-10(13)12-5-7-14-8-6-12/h3,9H,1,4-8H2,2H3,(H,11,13). The molecule has 14 heavy (non-hydrogen) atoms. The second-order valence-corrected chi connectivity index (χ2v) is 3.47. The van der Waals surface area contributed by atoms with E-state index in [1.54, 1.807) is 4.90 Å². The van der Waals surface area contributed by atoms with Crippen molar-refractivity contribution in [3.8, 4) is 0 Å². The Morgan fingerprint density at radius 1 is 1.64 bits per heavy atom. The molecule has 0 aromatic heterocycles. The van der Waals surface area contributed by atoms with E-state index in [4.69, 9.17) is 4.74 Å². The van der Waals surface area contributed by atoms with E-state index in [1.165, 1.54) is 0 Å². The highest BCUT2D eigenvalue weighted by molar-refractivity contribution is 5.74. The number of urea groups is 1. The molecule has 0 aromatic carbocycles. The molecule has 0 spiro atoms. The minimum Gasteiger partial charge on any atom is -0.378 e. The molecule has 1 aliphatic heterocycles. The number of nitrogens with zero attached hydrogens (tertiary/aromatic N) is 1. The SMILES string of the molecule is C=CCC(C)NC(=O)N1CCOCC1. The molecule has 1 rings (SSSR count). The van der Waals surface area contributed by atoms with Crippen LogP contribution < -0.4 is 5.32 Å². The largest absolute Gasteiger partial charge is 0.378 e. The summed E-state index contributed by atoms with van der Waals surface area (Å²) < 4.78 is 5.16. The van der Waals surface area contributed by atoms with Crippen molar-refractivity contribution in [1.29, 1.82) is 0 Å². The molecular weight excluding hydrogens is 180 g/mol. The lowest BCUT2D eigenvalue weighted by atomic mass is 10.2. The fraction of sp³-hybridized carbons (Fsp3) is 0.700. The van der Waals surface area contributed by atoms with Crippen LogP contribution in [0.4, 0.5) is 4.79 Å². The van der Waals surface area contributed by atoms with Crippen molar-refractivity contribution in [2.24, 2.45) is 0 Å². The summed E-state index contributed by atoms with van der Waals surface area (Å²) in [5.41, 5.74) is 0. The Bertz CT molecular complexity index is 200. The van der Waals surface area contributed by atoms with E-state index in [2.05, 4.69) is 11.9 Å². The number of hydrogen-bond donors (Lipinski definition) is 1. The molecule has 1 saturated heterocycles. The van der Waals surface area contributed by atoms with Gasteiger partial charge in [-0.25, -0.2) is 4.79 Å². The first-order chi connectivity index (χ1) is 6.74. The lowest BCUT2D eigenvalue weighted by molar-refractivity contribution is 0.0526. The van der Waals surface area contributed by atoms with Crippen LogP contribution in [0.25, 0.3) is 0 Å². The maximum atomic E-state index is 11.6. The van der Waals surface area contributed by atoms with Crippen molar-refractivity contribution in [2.75, 3.05) is 26.3 Å². The number of morpholine rings is 1. The third-order valence-electron chi connectivity index (χ3n) is 2.19. The van der Waals surface area contributed by atoms with Crippen molar-refractivity contribution in [1.82, 2.24) is 10.2 Å². The summed E-state index contributed by atoms with van der Waals surface area (Å²) >= 11 is 0. The Labute approximate surface area is 84.9 Å². The number of nitrogens with one attached hydrogen (secondary N) is 1. The van der Waals surface area contributed by atoms with Gasteiger partial charge in [-0.1, -0.05) is 6.08 Å². The number of carbonyl (C=O) groups excluding carboxylic acids is 1. The first kappa shape index (κ1) is 11.0. The number of carbonyl (C=O) groups is 1. The van der Waals surface area contributed by atoms with Gasteiger partial charge in [0, 0.05) is 19.1 Å². The molecule has 80 valence electrons. The van der Waals surface area contributed by atoms with Crippen LogP contribution in [-0.4, -0.2) is 43.3 Å². The average molecular weight is 198 g/mol. The first-order valence-electron chi connectivity index (χ1n) is 4.98. The van der Waals surface area contributed by atoms with Crippen molar-refractivity contribution < 1.29 is 9.53 Å². The first-order valence-corrected chi connectivity index (χ1v) is 4.98. The van der Waals surface area contributed by atoms with Crippen LogP contribution in [0.5, 0.6) is 0 Å². The number of hydrogen-bond acceptors (Lipinski definition) is 2. The molecule has 1 aliphatic rings. The van der Waals surface area contributed by atoms with E-state index in [0.29, 0.717) is 26.3 Å². The highest BCUT2D eigenvalue weighted by Crippen LogP contribution is 1.99. The quantitative estimate of drug-likeness (QED) is 0.687. The van der Waals surface area contributed by atoms with Crippen molar-refractivity contribution in [2.45, 2.75) is 19.4 Å². The summed E-state index contributed by atoms with van der Waals surface area (Å²) in [6.07, 6.45) is 2.61. The van der Waals surface area contributed by atoms with E-state index in [9.17, 15) is 4.79 Å². The zero-order valence-electron chi connectivity index (χ0n) is 8.66. The number of amides is 2.